The Balaban J connectivity index is 1.47. The maximum atomic E-state index is 11.1. The SMILES string of the molecule is CC(=O)Nc1ccc(-c2nc(-c3ccc(Oc4ccc(C)cc4)cc3)no2)cc1. The fourth-order valence-electron chi connectivity index (χ4n) is 2.77. The number of benzene rings is 3. The summed E-state index contributed by atoms with van der Waals surface area (Å²) < 4.78 is 11.2. The topological polar surface area (TPSA) is 77.2 Å². The second kappa shape index (κ2) is 7.98. The zero-order chi connectivity index (χ0) is 20.2. The van der Waals surface area contributed by atoms with E-state index in [1.165, 1.54) is 12.5 Å². The van der Waals surface area contributed by atoms with Crippen molar-refractivity contribution in [3.63, 3.8) is 0 Å². The molecule has 0 radical (unpaired) electrons. The molecule has 144 valence electrons. The molecule has 6 heteroatoms. The number of carbonyl (C=O) groups is 1. The second-order valence-corrected chi connectivity index (χ2v) is 6.62. The lowest BCUT2D eigenvalue weighted by Gasteiger charge is -2.06. The molecule has 0 aliphatic carbocycles. The Labute approximate surface area is 168 Å². The number of nitrogens with one attached hydrogen (secondary N) is 1. The van der Waals surface area contributed by atoms with E-state index in [9.17, 15) is 4.79 Å². The van der Waals surface area contributed by atoms with Gasteiger partial charge in [0.25, 0.3) is 5.89 Å². The number of rotatable bonds is 5. The fraction of sp³-hybridized carbons (Fsp3) is 0.0870. The average molecular weight is 385 g/mol. The van der Waals surface area contributed by atoms with Crippen molar-refractivity contribution < 1.29 is 14.1 Å². The van der Waals surface area contributed by atoms with Crippen molar-refractivity contribution in [2.75, 3.05) is 5.32 Å². The largest absolute Gasteiger partial charge is 0.457 e. The number of aryl methyl sites for hydroxylation is 1. The van der Waals surface area contributed by atoms with Crippen molar-refractivity contribution in [2.24, 2.45) is 0 Å². The lowest BCUT2D eigenvalue weighted by Crippen LogP contribution is -2.05. The first-order valence-corrected chi connectivity index (χ1v) is 9.13. The maximum Gasteiger partial charge on any atom is 0.258 e. The van der Waals surface area contributed by atoms with Crippen LogP contribution in [0.2, 0.25) is 0 Å². The van der Waals surface area contributed by atoms with Gasteiger partial charge >= 0.3 is 0 Å². The van der Waals surface area contributed by atoms with Gasteiger partial charge in [-0.05, 0) is 67.6 Å². The summed E-state index contributed by atoms with van der Waals surface area (Å²) in [5, 5.41) is 6.78. The molecule has 0 spiro atoms. The van der Waals surface area contributed by atoms with Gasteiger partial charge in [-0.25, -0.2) is 0 Å². The van der Waals surface area contributed by atoms with Crippen LogP contribution in [0.5, 0.6) is 11.5 Å². The normalized spacial score (nSPS) is 10.6. The van der Waals surface area contributed by atoms with Crippen molar-refractivity contribution in [1.82, 2.24) is 10.1 Å². The van der Waals surface area contributed by atoms with Gasteiger partial charge in [-0.1, -0.05) is 22.9 Å². The van der Waals surface area contributed by atoms with Crippen molar-refractivity contribution in [3.05, 3.63) is 78.4 Å². The number of nitrogens with zero attached hydrogens (tertiary/aromatic N) is 2. The van der Waals surface area contributed by atoms with Crippen LogP contribution in [0.15, 0.2) is 77.3 Å². The van der Waals surface area contributed by atoms with Gasteiger partial charge in [0.05, 0.1) is 0 Å². The van der Waals surface area contributed by atoms with Gasteiger partial charge in [-0.3, -0.25) is 4.79 Å². The standard InChI is InChI=1S/C23H19N3O3/c1-15-3-11-20(12-4-15)28-21-13-7-17(8-14-21)22-25-23(29-26-22)18-5-9-19(10-6-18)24-16(2)27/h3-14H,1-2H3,(H,24,27). The third kappa shape index (κ3) is 4.50. The van der Waals surface area contributed by atoms with Crippen LogP contribution < -0.4 is 10.1 Å². The number of ether oxygens (including phenoxy) is 1. The average Bonchev–Trinajstić information content (AvgIpc) is 3.21. The van der Waals surface area contributed by atoms with Crippen LogP contribution in [-0.4, -0.2) is 16.0 Å². The first kappa shape index (κ1) is 18.4. The van der Waals surface area contributed by atoms with E-state index in [0.717, 1.165) is 22.6 Å². The van der Waals surface area contributed by atoms with E-state index in [-0.39, 0.29) is 5.91 Å². The summed E-state index contributed by atoms with van der Waals surface area (Å²) in [6.07, 6.45) is 0. The zero-order valence-electron chi connectivity index (χ0n) is 16.0. The summed E-state index contributed by atoms with van der Waals surface area (Å²) in [5.74, 6) is 2.30. The van der Waals surface area contributed by atoms with Crippen LogP contribution in [0.25, 0.3) is 22.8 Å². The highest BCUT2D eigenvalue weighted by Crippen LogP contribution is 2.27. The van der Waals surface area contributed by atoms with E-state index >= 15 is 0 Å². The smallest absolute Gasteiger partial charge is 0.258 e. The molecule has 0 fully saturated rings. The maximum absolute atomic E-state index is 11.1. The molecule has 1 N–H and O–H groups in total. The van der Waals surface area contributed by atoms with Gasteiger partial charge in [-0.2, -0.15) is 4.98 Å². The van der Waals surface area contributed by atoms with Gasteiger partial charge in [0.2, 0.25) is 11.7 Å². The van der Waals surface area contributed by atoms with Crippen molar-refractivity contribution in [1.29, 1.82) is 0 Å². The molecule has 3 aromatic carbocycles. The van der Waals surface area contributed by atoms with E-state index in [2.05, 4.69) is 15.5 Å². The summed E-state index contributed by atoms with van der Waals surface area (Å²) in [5.41, 5.74) is 3.50. The van der Waals surface area contributed by atoms with Crippen LogP contribution in [0, 0.1) is 6.92 Å². The van der Waals surface area contributed by atoms with Crippen LogP contribution in [-0.2, 0) is 4.79 Å². The summed E-state index contributed by atoms with van der Waals surface area (Å²) in [7, 11) is 0. The minimum atomic E-state index is -0.118. The Morgan fingerprint density at radius 3 is 2.07 bits per heavy atom. The van der Waals surface area contributed by atoms with Crippen molar-refractivity contribution >= 4 is 11.6 Å². The van der Waals surface area contributed by atoms with Crippen LogP contribution >= 0.6 is 0 Å². The zero-order valence-corrected chi connectivity index (χ0v) is 16.0. The summed E-state index contributed by atoms with van der Waals surface area (Å²) >= 11 is 0. The van der Waals surface area contributed by atoms with E-state index < -0.39 is 0 Å². The van der Waals surface area contributed by atoms with E-state index in [4.69, 9.17) is 9.26 Å². The highest BCUT2D eigenvalue weighted by atomic mass is 16.5. The molecule has 4 rings (SSSR count). The number of amides is 1. The number of hydrogen-bond acceptors (Lipinski definition) is 5. The number of anilines is 1. The molecular formula is C23H19N3O3. The van der Waals surface area contributed by atoms with Crippen molar-refractivity contribution in [3.8, 4) is 34.3 Å². The Morgan fingerprint density at radius 1 is 0.862 bits per heavy atom. The Kier molecular flexibility index (Phi) is 5.07. The highest BCUT2D eigenvalue weighted by molar-refractivity contribution is 5.88. The predicted molar refractivity (Wildman–Crippen MR) is 111 cm³/mol. The van der Waals surface area contributed by atoms with Gasteiger partial charge in [0.15, 0.2) is 0 Å². The summed E-state index contributed by atoms with van der Waals surface area (Å²) in [4.78, 5) is 15.6. The van der Waals surface area contributed by atoms with Gasteiger partial charge in [0.1, 0.15) is 11.5 Å². The molecule has 0 atom stereocenters. The Bertz CT molecular complexity index is 1120. The van der Waals surface area contributed by atoms with Gasteiger partial charge in [-0.15, -0.1) is 0 Å². The molecule has 0 unspecified atom stereocenters. The monoisotopic (exact) mass is 385 g/mol. The Morgan fingerprint density at radius 2 is 1.45 bits per heavy atom. The van der Waals surface area contributed by atoms with Gasteiger partial charge < -0.3 is 14.6 Å². The van der Waals surface area contributed by atoms with Crippen LogP contribution in [0.3, 0.4) is 0 Å². The fourth-order valence-corrected chi connectivity index (χ4v) is 2.77. The van der Waals surface area contributed by atoms with Crippen molar-refractivity contribution in [2.45, 2.75) is 13.8 Å². The third-order valence-electron chi connectivity index (χ3n) is 4.25. The molecule has 1 aromatic heterocycles. The number of carbonyl (C=O) groups excluding carboxylic acids is 1. The molecular weight excluding hydrogens is 366 g/mol. The second-order valence-electron chi connectivity index (χ2n) is 6.62. The minimum Gasteiger partial charge on any atom is -0.457 e. The molecule has 0 aliphatic rings. The first-order valence-electron chi connectivity index (χ1n) is 9.13. The molecule has 6 nitrogen and oxygen atoms in total. The molecule has 4 aromatic rings. The van der Waals surface area contributed by atoms with E-state index in [1.807, 2.05) is 67.6 Å². The quantitative estimate of drug-likeness (QED) is 0.493. The molecule has 0 saturated carbocycles. The molecule has 0 saturated heterocycles. The lowest BCUT2D eigenvalue weighted by atomic mass is 10.2. The van der Waals surface area contributed by atoms with E-state index in [0.29, 0.717) is 17.4 Å². The summed E-state index contributed by atoms with van der Waals surface area (Å²) in [6.45, 7) is 3.50. The number of hydrogen-bond donors (Lipinski definition) is 1. The number of aromatic nitrogens is 2. The summed E-state index contributed by atoms with van der Waals surface area (Å²) in [6, 6.07) is 22.6. The van der Waals surface area contributed by atoms with Gasteiger partial charge in [0, 0.05) is 23.7 Å². The van der Waals surface area contributed by atoms with Crippen LogP contribution in [0.4, 0.5) is 5.69 Å². The third-order valence-corrected chi connectivity index (χ3v) is 4.25. The molecule has 29 heavy (non-hydrogen) atoms. The molecule has 0 bridgehead atoms. The van der Waals surface area contributed by atoms with Crippen LogP contribution in [0.1, 0.15) is 12.5 Å². The minimum absolute atomic E-state index is 0.118. The molecule has 1 heterocycles. The molecule has 0 aliphatic heterocycles. The predicted octanol–water partition coefficient (Wildman–Crippen LogP) is 5.46. The highest BCUT2D eigenvalue weighted by Gasteiger charge is 2.11. The first-order chi connectivity index (χ1) is 14.1. The Hall–Kier alpha value is -3.93. The van der Waals surface area contributed by atoms with E-state index in [1.54, 1.807) is 12.1 Å². The molecule has 1 amide bonds. The lowest BCUT2D eigenvalue weighted by molar-refractivity contribution is -0.114.